The van der Waals surface area contributed by atoms with Gasteiger partial charge < -0.3 is 10.1 Å². The van der Waals surface area contributed by atoms with Gasteiger partial charge in [-0.15, -0.1) is 0 Å². The number of carbonyl (C=O) groups is 1. The average molecular weight is 191 g/mol. The third-order valence-corrected chi connectivity index (χ3v) is 2.52. The summed E-state index contributed by atoms with van der Waals surface area (Å²) in [5, 5.41) is 3.27. The molecule has 0 radical (unpaired) electrons. The summed E-state index contributed by atoms with van der Waals surface area (Å²) in [6.07, 6.45) is 3.02. The number of fused-ring (bicyclic) bond motifs is 1. The summed E-state index contributed by atoms with van der Waals surface area (Å²) in [6.45, 7) is 0.984. The second kappa shape index (κ2) is 3.70. The number of hydrogen-bond acceptors (Lipinski definition) is 3. The van der Waals surface area contributed by atoms with Crippen LogP contribution in [0, 0.1) is 0 Å². The van der Waals surface area contributed by atoms with Crippen LogP contribution < -0.4 is 10.1 Å². The van der Waals surface area contributed by atoms with Crippen molar-refractivity contribution in [3.05, 3.63) is 23.3 Å². The lowest BCUT2D eigenvalue weighted by atomic mass is 10.0. The highest BCUT2D eigenvalue weighted by molar-refractivity contribution is 5.82. The van der Waals surface area contributed by atoms with Crippen molar-refractivity contribution in [2.75, 3.05) is 19.0 Å². The lowest BCUT2D eigenvalue weighted by Crippen LogP contribution is -2.12. The fourth-order valence-corrected chi connectivity index (χ4v) is 1.78. The van der Waals surface area contributed by atoms with Gasteiger partial charge >= 0.3 is 0 Å². The number of ether oxygens (including phenoxy) is 1. The lowest BCUT2D eigenvalue weighted by molar-refractivity contribution is 0.112. The summed E-state index contributed by atoms with van der Waals surface area (Å²) in [7, 11) is 1.59. The average Bonchev–Trinajstić information content (AvgIpc) is 2.27. The lowest BCUT2D eigenvalue weighted by Gasteiger charge is -2.19. The maximum atomic E-state index is 10.8. The van der Waals surface area contributed by atoms with Crippen molar-refractivity contribution in [1.82, 2.24) is 0 Å². The molecule has 1 heterocycles. The van der Waals surface area contributed by atoms with Gasteiger partial charge in [0.25, 0.3) is 0 Å². The molecule has 14 heavy (non-hydrogen) atoms. The minimum Gasteiger partial charge on any atom is -0.496 e. The molecule has 0 atom stereocenters. The Morgan fingerprint density at radius 1 is 1.50 bits per heavy atom. The zero-order chi connectivity index (χ0) is 9.97. The minimum atomic E-state index is 0.612. The van der Waals surface area contributed by atoms with E-state index in [4.69, 9.17) is 4.74 Å². The van der Waals surface area contributed by atoms with Crippen molar-refractivity contribution in [2.45, 2.75) is 12.8 Å². The van der Waals surface area contributed by atoms with Crippen LogP contribution in [0.2, 0.25) is 0 Å². The van der Waals surface area contributed by atoms with E-state index in [2.05, 4.69) is 5.32 Å². The molecule has 0 saturated heterocycles. The molecule has 0 aromatic heterocycles. The van der Waals surface area contributed by atoms with Gasteiger partial charge in [-0.3, -0.25) is 4.79 Å². The van der Waals surface area contributed by atoms with Crippen LogP contribution in [0.3, 0.4) is 0 Å². The van der Waals surface area contributed by atoms with Gasteiger partial charge in [-0.2, -0.15) is 0 Å². The molecule has 2 rings (SSSR count). The molecule has 0 fully saturated rings. The van der Waals surface area contributed by atoms with Crippen LogP contribution in [-0.2, 0) is 6.42 Å². The number of hydrogen-bond donors (Lipinski definition) is 1. The minimum absolute atomic E-state index is 0.612. The van der Waals surface area contributed by atoms with E-state index in [9.17, 15) is 4.79 Å². The fraction of sp³-hybridized carbons (Fsp3) is 0.364. The van der Waals surface area contributed by atoms with Crippen LogP contribution >= 0.6 is 0 Å². The zero-order valence-corrected chi connectivity index (χ0v) is 8.17. The van der Waals surface area contributed by atoms with E-state index in [1.165, 1.54) is 5.56 Å². The molecule has 1 N–H and O–H groups in total. The Morgan fingerprint density at radius 3 is 3.07 bits per heavy atom. The van der Waals surface area contributed by atoms with Gasteiger partial charge in [-0.1, -0.05) is 0 Å². The maximum absolute atomic E-state index is 10.8. The van der Waals surface area contributed by atoms with Gasteiger partial charge in [0.1, 0.15) is 5.75 Å². The Balaban J connectivity index is 2.48. The van der Waals surface area contributed by atoms with E-state index in [1.54, 1.807) is 7.11 Å². The molecule has 1 aliphatic rings. The molecule has 1 aliphatic heterocycles. The zero-order valence-electron chi connectivity index (χ0n) is 8.17. The predicted molar refractivity (Wildman–Crippen MR) is 55.2 cm³/mol. The molecule has 0 aliphatic carbocycles. The van der Waals surface area contributed by atoms with E-state index >= 15 is 0 Å². The Morgan fingerprint density at radius 2 is 2.36 bits per heavy atom. The van der Waals surface area contributed by atoms with Gasteiger partial charge in [0.15, 0.2) is 6.29 Å². The van der Waals surface area contributed by atoms with Crippen LogP contribution in [0.1, 0.15) is 22.3 Å². The number of methoxy groups -OCH3 is 1. The van der Waals surface area contributed by atoms with Gasteiger partial charge in [-0.25, -0.2) is 0 Å². The van der Waals surface area contributed by atoms with E-state index < -0.39 is 0 Å². The van der Waals surface area contributed by atoms with Crippen LogP contribution in [0.5, 0.6) is 5.75 Å². The van der Waals surface area contributed by atoms with Crippen molar-refractivity contribution in [2.24, 2.45) is 0 Å². The molecule has 1 aromatic carbocycles. The molecular formula is C11H13NO2. The Hall–Kier alpha value is -1.51. The molecular weight excluding hydrogens is 178 g/mol. The van der Waals surface area contributed by atoms with E-state index in [0.717, 1.165) is 31.4 Å². The Kier molecular flexibility index (Phi) is 2.39. The SMILES string of the molecule is COc1cc2c(cc1C=O)NCCC2. The summed E-state index contributed by atoms with van der Waals surface area (Å²) >= 11 is 0. The number of carbonyl (C=O) groups excluding carboxylic acids is 1. The molecule has 1 aromatic rings. The predicted octanol–water partition coefficient (Wildman–Crippen LogP) is 1.87. The maximum Gasteiger partial charge on any atom is 0.153 e. The topological polar surface area (TPSA) is 38.3 Å². The van der Waals surface area contributed by atoms with Crippen molar-refractivity contribution >= 4 is 12.0 Å². The smallest absolute Gasteiger partial charge is 0.153 e. The number of aryl methyl sites for hydroxylation is 1. The van der Waals surface area contributed by atoms with Crippen molar-refractivity contribution in [3.8, 4) is 5.75 Å². The first-order valence-electron chi connectivity index (χ1n) is 4.75. The molecule has 0 spiro atoms. The second-order valence-electron chi connectivity index (χ2n) is 3.40. The van der Waals surface area contributed by atoms with Gasteiger partial charge in [0, 0.05) is 12.2 Å². The number of nitrogens with one attached hydrogen (secondary N) is 1. The van der Waals surface area contributed by atoms with E-state index in [1.807, 2.05) is 12.1 Å². The first-order valence-corrected chi connectivity index (χ1v) is 4.75. The summed E-state index contributed by atoms with van der Waals surface area (Å²) in [5.74, 6) is 0.669. The fourth-order valence-electron chi connectivity index (χ4n) is 1.78. The monoisotopic (exact) mass is 191 g/mol. The summed E-state index contributed by atoms with van der Waals surface area (Å²) in [5.41, 5.74) is 2.92. The largest absolute Gasteiger partial charge is 0.496 e. The van der Waals surface area contributed by atoms with Crippen LogP contribution in [0.15, 0.2) is 12.1 Å². The van der Waals surface area contributed by atoms with Crippen LogP contribution in [-0.4, -0.2) is 19.9 Å². The molecule has 3 heteroatoms. The number of anilines is 1. The third-order valence-electron chi connectivity index (χ3n) is 2.52. The summed E-state index contributed by atoms with van der Waals surface area (Å²) in [4.78, 5) is 10.8. The number of benzene rings is 1. The molecule has 74 valence electrons. The van der Waals surface area contributed by atoms with Crippen molar-refractivity contribution < 1.29 is 9.53 Å². The highest BCUT2D eigenvalue weighted by Crippen LogP contribution is 2.29. The van der Waals surface area contributed by atoms with Crippen molar-refractivity contribution in [1.29, 1.82) is 0 Å². The highest BCUT2D eigenvalue weighted by Gasteiger charge is 2.12. The molecule has 0 amide bonds. The quantitative estimate of drug-likeness (QED) is 0.725. The van der Waals surface area contributed by atoms with Gasteiger partial charge in [0.05, 0.1) is 12.7 Å². The van der Waals surface area contributed by atoms with Gasteiger partial charge in [0.2, 0.25) is 0 Å². The van der Waals surface area contributed by atoms with E-state index in [0.29, 0.717) is 11.3 Å². The normalized spacial score (nSPS) is 14.1. The van der Waals surface area contributed by atoms with Crippen molar-refractivity contribution in [3.63, 3.8) is 0 Å². The summed E-state index contributed by atoms with van der Waals surface area (Å²) < 4.78 is 5.14. The standard InChI is InChI=1S/C11H13NO2/c1-14-11-6-8-3-2-4-12-10(8)5-9(11)7-13/h5-7,12H,2-4H2,1H3. The first kappa shape index (κ1) is 9.06. The summed E-state index contributed by atoms with van der Waals surface area (Å²) in [6, 6.07) is 3.81. The van der Waals surface area contributed by atoms with Crippen LogP contribution in [0.4, 0.5) is 5.69 Å². The molecule has 3 nitrogen and oxygen atoms in total. The molecule has 0 unspecified atom stereocenters. The Bertz CT molecular complexity index is 361. The van der Waals surface area contributed by atoms with Gasteiger partial charge in [-0.05, 0) is 30.5 Å². The third kappa shape index (κ3) is 1.45. The highest BCUT2D eigenvalue weighted by atomic mass is 16.5. The first-order chi connectivity index (χ1) is 6.85. The number of aldehydes is 1. The number of rotatable bonds is 2. The van der Waals surface area contributed by atoms with Crippen LogP contribution in [0.25, 0.3) is 0 Å². The molecule has 0 saturated carbocycles. The molecule has 0 bridgehead atoms. The van der Waals surface area contributed by atoms with E-state index in [-0.39, 0.29) is 0 Å². The second-order valence-corrected chi connectivity index (χ2v) is 3.40. The Labute approximate surface area is 83.1 Å².